The average Bonchev–Trinajstić information content (AvgIpc) is 2.95. The van der Waals surface area contributed by atoms with E-state index in [1.165, 1.54) is 0 Å². The SMILES string of the molecule is N#CCC(=O)Nc1cc(C(=O)N2CCCC2)ccc1Cl. The molecule has 20 heavy (non-hydrogen) atoms. The van der Waals surface area contributed by atoms with Gasteiger partial charge < -0.3 is 10.2 Å². The van der Waals surface area contributed by atoms with E-state index in [1.807, 2.05) is 0 Å². The van der Waals surface area contributed by atoms with Gasteiger partial charge in [-0.05, 0) is 31.0 Å². The smallest absolute Gasteiger partial charge is 0.253 e. The first-order valence-electron chi connectivity index (χ1n) is 6.37. The zero-order chi connectivity index (χ0) is 14.5. The van der Waals surface area contributed by atoms with Crippen LogP contribution in [0.25, 0.3) is 0 Å². The van der Waals surface area contributed by atoms with Crippen molar-refractivity contribution in [2.75, 3.05) is 18.4 Å². The maximum absolute atomic E-state index is 12.2. The Morgan fingerprint density at radius 2 is 2.05 bits per heavy atom. The molecule has 1 aliphatic rings. The van der Waals surface area contributed by atoms with Crippen molar-refractivity contribution >= 4 is 29.1 Å². The summed E-state index contributed by atoms with van der Waals surface area (Å²) in [6.45, 7) is 1.52. The number of carbonyl (C=O) groups excluding carboxylic acids is 2. The minimum atomic E-state index is -0.444. The van der Waals surface area contributed by atoms with Crippen LogP contribution >= 0.6 is 11.6 Å². The molecule has 1 aromatic carbocycles. The molecule has 104 valence electrons. The largest absolute Gasteiger partial charge is 0.339 e. The molecule has 0 spiro atoms. The number of likely N-dealkylation sites (tertiary alicyclic amines) is 1. The Hall–Kier alpha value is -2.06. The topological polar surface area (TPSA) is 73.2 Å². The summed E-state index contributed by atoms with van der Waals surface area (Å²) in [5.41, 5.74) is 0.848. The second-order valence-corrected chi connectivity index (χ2v) is 4.98. The van der Waals surface area contributed by atoms with Gasteiger partial charge in [-0.15, -0.1) is 0 Å². The molecule has 2 amide bonds. The lowest BCUT2D eigenvalue weighted by atomic mass is 10.1. The minimum Gasteiger partial charge on any atom is -0.339 e. The van der Waals surface area contributed by atoms with Gasteiger partial charge in [-0.2, -0.15) is 5.26 Å². The monoisotopic (exact) mass is 291 g/mol. The molecule has 0 saturated carbocycles. The highest BCUT2D eigenvalue weighted by Gasteiger charge is 2.20. The molecule has 1 aromatic rings. The molecular formula is C14H14ClN3O2. The van der Waals surface area contributed by atoms with E-state index in [1.54, 1.807) is 29.2 Å². The fourth-order valence-corrected chi connectivity index (χ4v) is 2.29. The normalized spacial score (nSPS) is 13.9. The Morgan fingerprint density at radius 1 is 1.35 bits per heavy atom. The number of rotatable bonds is 3. The Labute approximate surface area is 122 Å². The third-order valence-electron chi connectivity index (χ3n) is 3.12. The highest BCUT2D eigenvalue weighted by molar-refractivity contribution is 6.33. The molecule has 1 saturated heterocycles. The third kappa shape index (κ3) is 3.28. The van der Waals surface area contributed by atoms with Crippen molar-refractivity contribution in [2.24, 2.45) is 0 Å². The van der Waals surface area contributed by atoms with Crippen molar-refractivity contribution < 1.29 is 9.59 Å². The summed E-state index contributed by atoms with van der Waals surface area (Å²) in [5.74, 6) is -0.505. The van der Waals surface area contributed by atoms with Crippen molar-refractivity contribution in [3.8, 4) is 6.07 Å². The molecule has 0 unspecified atom stereocenters. The molecule has 0 aromatic heterocycles. The van der Waals surface area contributed by atoms with E-state index in [0.29, 0.717) is 16.3 Å². The Kier molecular flexibility index (Phi) is 4.59. The van der Waals surface area contributed by atoms with Gasteiger partial charge in [-0.25, -0.2) is 0 Å². The maximum Gasteiger partial charge on any atom is 0.253 e. The lowest BCUT2D eigenvalue weighted by Gasteiger charge is -2.16. The molecule has 1 aliphatic heterocycles. The van der Waals surface area contributed by atoms with Crippen LogP contribution in [0.2, 0.25) is 5.02 Å². The minimum absolute atomic E-state index is 0.0602. The van der Waals surface area contributed by atoms with Gasteiger partial charge in [0.1, 0.15) is 6.42 Å². The highest BCUT2D eigenvalue weighted by Crippen LogP contribution is 2.24. The van der Waals surface area contributed by atoms with Crippen LogP contribution in [0.15, 0.2) is 18.2 Å². The fourth-order valence-electron chi connectivity index (χ4n) is 2.12. The van der Waals surface area contributed by atoms with Crippen LogP contribution in [0.3, 0.4) is 0 Å². The zero-order valence-corrected chi connectivity index (χ0v) is 11.6. The zero-order valence-electron chi connectivity index (χ0n) is 10.9. The number of anilines is 1. The van der Waals surface area contributed by atoms with Crippen LogP contribution in [0, 0.1) is 11.3 Å². The van der Waals surface area contributed by atoms with Crippen molar-refractivity contribution in [1.29, 1.82) is 5.26 Å². The van der Waals surface area contributed by atoms with Crippen LogP contribution in [-0.2, 0) is 4.79 Å². The van der Waals surface area contributed by atoms with Gasteiger partial charge in [0.25, 0.3) is 5.91 Å². The number of amides is 2. The molecule has 0 radical (unpaired) electrons. The predicted octanol–water partition coefficient (Wildman–Crippen LogP) is 2.43. The van der Waals surface area contributed by atoms with Gasteiger partial charge in [-0.3, -0.25) is 9.59 Å². The van der Waals surface area contributed by atoms with Crippen molar-refractivity contribution in [1.82, 2.24) is 4.90 Å². The van der Waals surface area contributed by atoms with E-state index in [9.17, 15) is 9.59 Å². The fraction of sp³-hybridized carbons (Fsp3) is 0.357. The summed E-state index contributed by atoms with van der Waals surface area (Å²) >= 11 is 5.98. The van der Waals surface area contributed by atoms with Gasteiger partial charge >= 0.3 is 0 Å². The van der Waals surface area contributed by atoms with Crippen molar-refractivity contribution in [3.05, 3.63) is 28.8 Å². The maximum atomic E-state index is 12.2. The lowest BCUT2D eigenvalue weighted by Crippen LogP contribution is -2.27. The van der Waals surface area contributed by atoms with E-state index in [2.05, 4.69) is 5.32 Å². The lowest BCUT2D eigenvalue weighted by molar-refractivity contribution is -0.115. The number of benzene rings is 1. The summed E-state index contributed by atoms with van der Waals surface area (Å²) in [7, 11) is 0. The van der Waals surface area contributed by atoms with E-state index in [4.69, 9.17) is 16.9 Å². The van der Waals surface area contributed by atoms with Crippen LogP contribution in [0.4, 0.5) is 5.69 Å². The Morgan fingerprint density at radius 3 is 2.70 bits per heavy atom. The summed E-state index contributed by atoms with van der Waals surface area (Å²) in [6, 6.07) is 6.53. The summed E-state index contributed by atoms with van der Waals surface area (Å²) in [4.78, 5) is 25.4. The van der Waals surface area contributed by atoms with Crippen molar-refractivity contribution in [2.45, 2.75) is 19.3 Å². The Bertz CT molecular complexity index is 574. The molecule has 2 rings (SSSR count). The predicted molar refractivity (Wildman–Crippen MR) is 75.4 cm³/mol. The average molecular weight is 292 g/mol. The van der Waals surface area contributed by atoms with Crippen LogP contribution in [-0.4, -0.2) is 29.8 Å². The van der Waals surface area contributed by atoms with E-state index in [0.717, 1.165) is 25.9 Å². The molecule has 1 N–H and O–H groups in total. The number of carbonyl (C=O) groups is 2. The number of hydrogen-bond donors (Lipinski definition) is 1. The van der Waals surface area contributed by atoms with Gasteiger partial charge in [0.05, 0.1) is 16.8 Å². The van der Waals surface area contributed by atoms with Crippen molar-refractivity contribution in [3.63, 3.8) is 0 Å². The highest BCUT2D eigenvalue weighted by atomic mass is 35.5. The van der Waals surface area contributed by atoms with Crippen LogP contribution in [0.1, 0.15) is 29.6 Å². The Balaban J connectivity index is 2.17. The number of hydrogen-bond acceptors (Lipinski definition) is 3. The first kappa shape index (κ1) is 14.4. The summed E-state index contributed by atoms with van der Waals surface area (Å²) in [6.07, 6.45) is 1.79. The second kappa shape index (κ2) is 6.40. The summed E-state index contributed by atoms with van der Waals surface area (Å²) < 4.78 is 0. The molecule has 0 atom stereocenters. The number of halogens is 1. The van der Waals surface area contributed by atoms with Gasteiger partial charge in [0, 0.05) is 18.7 Å². The molecule has 6 heteroatoms. The standard InChI is InChI=1S/C14H14ClN3O2/c15-11-4-3-10(14(20)18-7-1-2-8-18)9-12(11)17-13(19)5-6-16/h3-4,9H,1-2,5,7-8H2,(H,17,19). The second-order valence-electron chi connectivity index (χ2n) is 4.58. The van der Waals surface area contributed by atoms with Gasteiger partial charge in [0.15, 0.2) is 0 Å². The number of nitriles is 1. The molecular weight excluding hydrogens is 278 g/mol. The first-order valence-corrected chi connectivity index (χ1v) is 6.75. The van der Waals surface area contributed by atoms with E-state index in [-0.39, 0.29) is 12.3 Å². The van der Waals surface area contributed by atoms with E-state index < -0.39 is 5.91 Å². The van der Waals surface area contributed by atoms with Crippen LogP contribution < -0.4 is 5.32 Å². The van der Waals surface area contributed by atoms with Gasteiger partial charge in [-0.1, -0.05) is 11.6 Å². The van der Waals surface area contributed by atoms with Crippen LogP contribution in [0.5, 0.6) is 0 Å². The first-order chi connectivity index (χ1) is 9.61. The summed E-state index contributed by atoms with van der Waals surface area (Å²) in [5, 5.41) is 11.3. The van der Waals surface area contributed by atoms with Gasteiger partial charge in [0.2, 0.25) is 5.91 Å². The number of nitrogens with zero attached hydrogens (tertiary/aromatic N) is 2. The van der Waals surface area contributed by atoms with E-state index >= 15 is 0 Å². The number of nitrogens with one attached hydrogen (secondary N) is 1. The molecule has 0 aliphatic carbocycles. The third-order valence-corrected chi connectivity index (χ3v) is 3.45. The molecule has 1 heterocycles. The molecule has 0 bridgehead atoms. The molecule has 5 nitrogen and oxygen atoms in total. The molecule has 1 fully saturated rings. The quantitative estimate of drug-likeness (QED) is 0.929.